The van der Waals surface area contributed by atoms with E-state index in [1.165, 1.54) is 19.3 Å². The molecule has 0 atom stereocenters. The zero-order chi connectivity index (χ0) is 14.1. The molecule has 104 valence electrons. The van der Waals surface area contributed by atoms with Crippen LogP contribution in [-0.4, -0.2) is 35.9 Å². The molecule has 0 aromatic heterocycles. The minimum absolute atomic E-state index is 0.206. The van der Waals surface area contributed by atoms with E-state index in [1.807, 2.05) is 0 Å². The summed E-state index contributed by atoms with van der Waals surface area (Å²) in [4.78, 5) is 0.469. The zero-order valence-electron chi connectivity index (χ0n) is 11.1. The lowest BCUT2D eigenvalue weighted by atomic mass is 10.4. The minimum atomic E-state index is -3.52. The van der Waals surface area contributed by atoms with Crippen molar-refractivity contribution in [1.82, 2.24) is 0 Å². The van der Waals surface area contributed by atoms with Crippen molar-refractivity contribution in [3.05, 3.63) is 53.5 Å². The van der Waals surface area contributed by atoms with E-state index >= 15 is 0 Å². The van der Waals surface area contributed by atoms with Crippen molar-refractivity contribution in [2.24, 2.45) is 0 Å². The third-order valence-corrected chi connectivity index (χ3v) is 4.18. The number of rotatable bonds is 7. The highest BCUT2D eigenvalue weighted by molar-refractivity contribution is 7.95. The molecule has 0 aliphatic carbocycles. The van der Waals surface area contributed by atoms with Crippen LogP contribution in [0.5, 0.6) is 0 Å². The SMILES string of the molecule is COC/C=C(/C=C/COC)S(=O)(=O)c1ccccc1. The van der Waals surface area contributed by atoms with Gasteiger partial charge in [0.15, 0.2) is 0 Å². The first-order valence-corrected chi connectivity index (χ1v) is 7.26. The normalized spacial score (nSPS) is 13.1. The molecule has 0 bridgehead atoms. The molecule has 1 rings (SSSR count). The molecular weight excluding hydrogens is 264 g/mol. The quantitative estimate of drug-likeness (QED) is 0.719. The summed E-state index contributed by atoms with van der Waals surface area (Å²) in [6, 6.07) is 8.30. The van der Waals surface area contributed by atoms with Gasteiger partial charge in [-0.05, 0) is 24.3 Å². The maximum Gasteiger partial charge on any atom is 0.206 e. The maximum absolute atomic E-state index is 12.4. The van der Waals surface area contributed by atoms with Gasteiger partial charge in [0, 0.05) is 14.2 Å². The van der Waals surface area contributed by atoms with E-state index < -0.39 is 9.84 Å². The first-order valence-electron chi connectivity index (χ1n) is 5.77. The highest BCUT2D eigenvalue weighted by Gasteiger charge is 2.17. The number of sulfone groups is 1. The minimum Gasteiger partial charge on any atom is -0.381 e. The smallest absolute Gasteiger partial charge is 0.206 e. The molecule has 0 spiro atoms. The highest BCUT2D eigenvalue weighted by Crippen LogP contribution is 2.19. The number of benzene rings is 1. The Morgan fingerprint density at radius 3 is 2.32 bits per heavy atom. The van der Waals surface area contributed by atoms with Gasteiger partial charge in [-0.1, -0.05) is 24.3 Å². The number of hydrogen-bond donors (Lipinski definition) is 0. The molecule has 0 radical (unpaired) electrons. The van der Waals surface area contributed by atoms with E-state index in [4.69, 9.17) is 9.47 Å². The molecule has 0 saturated carbocycles. The number of ether oxygens (including phenoxy) is 2. The summed E-state index contributed by atoms with van der Waals surface area (Å²) in [5.41, 5.74) is 0. The molecule has 0 unspecified atom stereocenters. The van der Waals surface area contributed by atoms with Gasteiger partial charge in [0.2, 0.25) is 9.84 Å². The van der Waals surface area contributed by atoms with E-state index in [2.05, 4.69) is 0 Å². The average Bonchev–Trinajstić information content (AvgIpc) is 2.43. The summed E-state index contributed by atoms with van der Waals surface area (Å²) in [7, 11) is -0.449. The summed E-state index contributed by atoms with van der Waals surface area (Å²) in [5, 5.41) is 0. The van der Waals surface area contributed by atoms with Gasteiger partial charge < -0.3 is 9.47 Å². The lowest BCUT2D eigenvalue weighted by Crippen LogP contribution is -2.04. The largest absolute Gasteiger partial charge is 0.381 e. The van der Waals surface area contributed by atoms with Gasteiger partial charge in [-0.2, -0.15) is 0 Å². The third kappa shape index (κ3) is 4.63. The summed E-state index contributed by atoms with van der Waals surface area (Å²) < 4.78 is 34.6. The molecule has 19 heavy (non-hydrogen) atoms. The van der Waals surface area contributed by atoms with E-state index in [0.29, 0.717) is 6.61 Å². The molecule has 0 N–H and O–H groups in total. The van der Waals surface area contributed by atoms with Crippen LogP contribution in [0.3, 0.4) is 0 Å². The summed E-state index contributed by atoms with van der Waals surface area (Å²) in [5.74, 6) is 0. The Balaban J connectivity index is 3.10. The summed E-state index contributed by atoms with van der Waals surface area (Å²) >= 11 is 0. The van der Waals surface area contributed by atoms with Crippen LogP contribution in [0.25, 0.3) is 0 Å². The molecule has 0 amide bonds. The molecule has 0 fully saturated rings. The molecule has 1 aromatic carbocycles. The van der Waals surface area contributed by atoms with Crippen LogP contribution in [0.15, 0.2) is 58.4 Å². The number of methoxy groups -OCH3 is 2. The Kier molecular flexibility index (Phi) is 6.49. The fourth-order valence-corrected chi connectivity index (χ4v) is 2.78. The lowest BCUT2D eigenvalue weighted by Gasteiger charge is -2.05. The standard InChI is InChI=1S/C14H18O4S/c1-17-11-6-9-14(10-12-18-2)19(15,16)13-7-4-3-5-8-13/h3-10H,11-12H2,1-2H3/b9-6+,14-10-. The highest BCUT2D eigenvalue weighted by atomic mass is 32.2. The second-order valence-electron chi connectivity index (χ2n) is 3.74. The molecule has 0 saturated heterocycles. The van der Waals surface area contributed by atoms with Crippen molar-refractivity contribution in [3.8, 4) is 0 Å². The molecule has 1 aromatic rings. The van der Waals surface area contributed by atoms with Crippen LogP contribution >= 0.6 is 0 Å². The Morgan fingerprint density at radius 1 is 1.11 bits per heavy atom. The van der Waals surface area contributed by atoms with Crippen molar-refractivity contribution in [3.63, 3.8) is 0 Å². The topological polar surface area (TPSA) is 52.6 Å². The Labute approximate surface area is 114 Å². The van der Waals surface area contributed by atoms with Crippen LogP contribution in [0.4, 0.5) is 0 Å². The molecular formula is C14H18O4S. The van der Waals surface area contributed by atoms with E-state index in [1.54, 1.807) is 43.5 Å². The Morgan fingerprint density at radius 2 is 1.74 bits per heavy atom. The average molecular weight is 282 g/mol. The predicted octanol–water partition coefficient (Wildman–Crippen LogP) is 2.19. The van der Waals surface area contributed by atoms with Crippen molar-refractivity contribution in [2.75, 3.05) is 27.4 Å². The van der Waals surface area contributed by atoms with E-state index in [9.17, 15) is 8.42 Å². The summed E-state index contributed by atoms with van der Waals surface area (Å²) in [6.45, 7) is 0.591. The van der Waals surface area contributed by atoms with Gasteiger partial charge >= 0.3 is 0 Å². The second-order valence-corrected chi connectivity index (χ2v) is 5.69. The first-order chi connectivity index (χ1) is 9.12. The van der Waals surface area contributed by atoms with Crippen molar-refractivity contribution in [2.45, 2.75) is 4.90 Å². The van der Waals surface area contributed by atoms with Crippen molar-refractivity contribution >= 4 is 9.84 Å². The predicted molar refractivity (Wildman–Crippen MR) is 74.6 cm³/mol. The van der Waals surface area contributed by atoms with Gasteiger partial charge in [0.05, 0.1) is 23.0 Å². The van der Waals surface area contributed by atoms with Gasteiger partial charge in [-0.15, -0.1) is 0 Å². The van der Waals surface area contributed by atoms with Crippen molar-refractivity contribution < 1.29 is 17.9 Å². The molecule has 0 heterocycles. The van der Waals surface area contributed by atoms with Crippen molar-refractivity contribution in [1.29, 1.82) is 0 Å². The fraction of sp³-hybridized carbons (Fsp3) is 0.286. The molecule has 0 aliphatic heterocycles. The molecule has 4 nitrogen and oxygen atoms in total. The Bertz CT molecular complexity index is 530. The van der Waals surface area contributed by atoms with Gasteiger partial charge in [0.1, 0.15) is 0 Å². The van der Waals surface area contributed by atoms with Crippen LogP contribution in [0.1, 0.15) is 0 Å². The first kappa shape index (κ1) is 15.6. The monoisotopic (exact) mass is 282 g/mol. The van der Waals surface area contributed by atoms with E-state index in [-0.39, 0.29) is 16.4 Å². The number of allylic oxidation sites excluding steroid dienone is 1. The van der Waals surface area contributed by atoms with Gasteiger partial charge in [-0.3, -0.25) is 0 Å². The maximum atomic E-state index is 12.4. The van der Waals surface area contributed by atoms with Gasteiger partial charge in [0.25, 0.3) is 0 Å². The van der Waals surface area contributed by atoms with Crippen LogP contribution in [0, 0.1) is 0 Å². The Hall–Kier alpha value is -1.43. The van der Waals surface area contributed by atoms with Gasteiger partial charge in [-0.25, -0.2) is 8.42 Å². The zero-order valence-corrected chi connectivity index (χ0v) is 11.9. The third-order valence-electron chi connectivity index (χ3n) is 2.36. The number of hydrogen-bond acceptors (Lipinski definition) is 4. The van der Waals surface area contributed by atoms with Crippen LogP contribution in [-0.2, 0) is 19.3 Å². The van der Waals surface area contributed by atoms with E-state index in [0.717, 1.165) is 0 Å². The molecule has 0 aliphatic rings. The van der Waals surface area contributed by atoms with Crippen LogP contribution in [0.2, 0.25) is 0 Å². The summed E-state index contributed by atoms with van der Waals surface area (Å²) in [6.07, 6.45) is 4.72. The lowest BCUT2D eigenvalue weighted by molar-refractivity contribution is 0.233. The fourth-order valence-electron chi connectivity index (χ4n) is 1.43. The molecule has 5 heteroatoms. The van der Waals surface area contributed by atoms with Crippen LogP contribution < -0.4 is 0 Å². The second kappa shape index (κ2) is 7.89.